The lowest BCUT2D eigenvalue weighted by molar-refractivity contribution is 0.254. The number of hydrogen-bond donors (Lipinski definition) is 0. The first-order chi connectivity index (χ1) is 14.4. The molecule has 0 spiro atoms. The van der Waals surface area contributed by atoms with Crippen LogP contribution in [0.3, 0.4) is 0 Å². The molecule has 0 N–H and O–H groups in total. The number of unbranched alkanes of at least 4 members (excludes halogenated alkanes) is 8. The van der Waals surface area contributed by atoms with Crippen LogP contribution >= 0.6 is 0 Å². The Balaban J connectivity index is 1.64. The molecule has 0 unspecified atom stereocenters. The van der Waals surface area contributed by atoms with Gasteiger partial charge in [-0.2, -0.15) is 0 Å². The van der Waals surface area contributed by atoms with Gasteiger partial charge in [0.2, 0.25) is 0 Å². The standard InChI is InChI=1S/C28H41N/c1-2-3-4-5-6-7-8-9-10-11-12-19-24-29(25-27-20-15-13-16-21-27)26-28-22-17-14-18-23-28/h10-11,13-18,20-23H,2-9,12,19,24-26H2,1H3/b11-10+. The highest BCUT2D eigenvalue weighted by Gasteiger charge is 2.06. The van der Waals surface area contributed by atoms with Crippen molar-refractivity contribution < 1.29 is 0 Å². The average molecular weight is 392 g/mol. The highest BCUT2D eigenvalue weighted by atomic mass is 15.1. The van der Waals surface area contributed by atoms with Gasteiger partial charge in [-0.3, -0.25) is 4.90 Å². The number of hydrogen-bond acceptors (Lipinski definition) is 1. The SMILES string of the molecule is CCCCCCCCC/C=C/CCCN(Cc1ccccc1)Cc1ccccc1. The summed E-state index contributed by atoms with van der Waals surface area (Å²) >= 11 is 0. The quantitative estimate of drug-likeness (QED) is 0.206. The largest absolute Gasteiger partial charge is 0.295 e. The minimum absolute atomic E-state index is 1.03. The van der Waals surface area contributed by atoms with Crippen molar-refractivity contribution in [3.8, 4) is 0 Å². The maximum Gasteiger partial charge on any atom is 0.0237 e. The second-order valence-electron chi connectivity index (χ2n) is 8.21. The summed E-state index contributed by atoms with van der Waals surface area (Å²) in [6, 6.07) is 21.7. The Morgan fingerprint density at radius 1 is 0.586 bits per heavy atom. The molecule has 0 radical (unpaired) electrons. The Hall–Kier alpha value is -1.86. The molecule has 0 saturated carbocycles. The van der Waals surface area contributed by atoms with Crippen molar-refractivity contribution in [3.63, 3.8) is 0 Å². The molecule has 0 aromatic heterocycles. The Kier molecular flexibility index (Phi) is 12.9. The van der Waals surface area contributed by atoms with E-state index in [9.17, 15) is 0 Å². The van der Waals surface area contributed by atoms with Gasteiger partial charge in [-0.15, -0.1) is 0 Å². The maximum absolute atomic E-state index is 2.58. The topological polar surface area (TPSA) is 3.24 Å². The summed E-state index contributed by atoms with van der Waals surface area (Å²) in [5.41, 5.74) is 2.80. The van der Waals surface area contributed by atoms with Crippen LogP contribution in [0.5, 0.6) is 0 Å². The summed E-state index contributed by atoms with van der Waals surface area (Å²) in [5, 5.41) is 0. The number of nitrogens with zero attached hydrogens (tertiary/aromatic N) is 1. The third-order valence-electron chi connectivity index (χ3n) is 5.48. The minimum atomic E-state index is 1.03. The van der Waals surface area contributed by atoms with E-state index in [2.05, 4.69) is 84.6 Å². The summed E-state index contributed by atoms with van der Waals surface area (Å²) in [6.07, 6.45) is 18.3. The lowest BCUT2D eigenvalue weighted by atomic mass is 10.1. The lowest BCUT2D eigenvalue weighted by Crippen LogP contribution is -2.24. The lowest BCUT2D eigenvalue weighted by Gasteiger charge is -2.22. The summed E-state index contributed by atoms with van der Waals surface area (Å²) in [7, 11) is 0. The van der Waals surface area contributed by atoms with Gasteiger partial charge in [-0.1, -0.05) is 118 Å². The van der Waals surface area contributed by atoms with Crippen LogP contribution in [0.15, 0.2) is 72.8 Å². The van der Waals surface area contributed by atoms with Crippen LogP contribution < -0.4 is 0 Å². The van der Waals surface area contributed by atoms with Gasteiger partial charge in [-0.05, 0) is 43.4 Å². The second kappa shape index (κ2) is 16.0. The van der Waals surface area contributed by atoms with Crippen LogP contribution in [0.1, 0.15) is 82.3 Å². The van der Waals surface area contributed by atoms with Crippen LogP contribution in [0, 0.1) is 0 Å². The normalized spacial score (nSPS) is 11.5. The molecule has 0 saturated heterocycles. The van der Waals surface area contributed by atoms with Crippen molar-refractivity contribution in [1.82, 2.24) is 4.90 Å². The van der Waals surface area contributed by atoms with E-state index in [4.69, 9.17) is 0 Å². The molecule has 2 aromatic carbocycles. The van der Waals surface area contributed by atoms with Crippen LogP contribution in [-0.2, 0) is 13.1 Å². The molecule has 1 nitrogen and oxygen atoms in total. The minimum Gasteiger partial charge on any atom is -0.295 e. The molecule has 0 aliphatic heterocycles. The predicted octanol–water partition coefficient (Wildman–Crippen LogP) is 8.17. The fourth-order valence-corrected chi connectivity index (χ4v) is 3.78. The molecule has 0 atom stereocenters. The molecule has 0 aliphatic rings. The van der Waals surface area contributed by atoms with E-state index in [1.165, 1.54) is 75.3 Å². The van der Waals surface area contributed by atoms with Gasteiger partial charge in [-0.25, -0.2) is 0 Å². The van der Waals surface area contributed by atoms with Crippen molar-refractivity contribution >= 4 is 0 Å². The maximum atomic E-state index is 2.58. The van der Waals surface area contributed by atoms with Gasteiger partial charge >= 0.3 is 0 Å². The van der Waals surface area contributed by atoms with Crippen molar-refractivity contribution in [1.29, 1.82) is 0 Å². The molecular formula is C28H41N. The molecule has 0 aliphatic carbocycles. The van der Waals surface area contributed by atoms with Crippen molar-refractivity contribution in [2.75, 3.05) is 6.54 Å². The Bertz CT molecular complexity index is 590. The van der Waals surface area contributed by atoms with Gasteiger partial charge in [0.05, 0.1) is 0 Å². The van der Waals surface area contributed by atoms with E-state index in [0.29, 0.717) is 0 Å². The molecule has 0 fully saturated rings. The summed E-state index contributed by atoms with van der Waals surface area (Å²) in [6.45, 7) is 5.48. The number of benzene rings is 2. The van der Waals surface area contributed by atoms with Gasteiger partial charge in [0.1, 0.15) is 0 Å². The van der Waals surface area contributed by atoms with E-state index >= 15 is 0 Å². The zero-order valence-corrected chi connectivity index (χ0v) is 18.6. The van der Waals surface area contributed by atoms with Crippen LogP contribution in [0.4, 0.5) is 0 Å². The van der Waals surface area contributed by atoms with Crippen LogP contribution in [-0.4, -0.2) is 11.4 Å². The summed E-state index contributed by atoms with van der Waals surface area (Å²) in [5.74, 6) is 0. The predicted molar refractivity (Wildman–Crippen MR) is 128 cm³/mol. The van der Waals surface area contributed by atoms with Gasteiger partial charge < -0.3 is 0 Å². The second-order valence-corrected chi connectivity index (χ2v) is 8.21. The fourth-order valence-electron chi connectivity index (χ4n) is 3.78. The molecule has 158 valence electrons. The molecular weight excluding hydrogens is 350 g/mol. The average Bonchev–Trinajstić information content (AvgIpc) is 2.76. The highest BCUT2D eigenvalue weighted by molar-refractivity contribution is 5.17. The molecule has 2 rings (SSSR count). The molecule has 0 heterocycles. The van der Waals surface area contributed by atoms with E-state index < -0.39 is 0 Å². The third-order valence-corrected chi connectivity index (χ3v) is 5.48. The number of rotatable bonds is 16. The van der Waals surface area contributed by atoms with Gasteiger partial charge in [0.25, 0.3) is 0 Å². The van der Waals surface area contributed by atoms with Crippen LogP contribution in [0.2, 0.25) is 0 Å². The fraction of sp³-hybridized carbons (Fsp3) is 0.500. The van der Waals surface area contributed by atoms with Crippen molar-refractivity contribution in [2.45, 2.75) is 84.2 Å². The number of allylic oxidation sites excluding steroid dienone is 2. The first-order valence-electron chi connectivity index (χ1n) is 11.8. The summed E-state index contributed by atoms with van der Waals surface area (Å²) < 4.78 is 0. The molecule has 29 heavy (non-hydrogen) atoms. The highest BCUT2D eigenvalue weighted by Crippen LogP contribution is 2.12. The smallest absolute Gasteiger partial charge is 0.0237 e. The van der Waals surface area contributed by atoms with Crippen molar-refractivity contribution in [2.24, 2.45) is 0 Å². The van der Waals surface area contributed by atoms with E-state index in [-0.39, 0.29) is 0 Å². The zero-order valence-electron chi connectivity index (χ0n) is 18.6. The van der Waals surface area contributed by atoms with Gasteiger partial charge in [0.15, 0.2) is 0 Å². The monoisotopic (exact) mass is 391 g/mol. The van der Waals surface area contributed by atoms with E-state index in [1.807, 2.05) is 0 Å². The third kappa shape index (κ3) is 11.7. The van der Waals surface area contributed by atoms with E-state index in [0.717, 1.165) is 19.6 Å². The Morgan fingerprint density at radius 3 is 1.62 bits per heavy atom. The zero-order chi connectivity index (χ0) is 20.4. The summed E-state index contributed by atoms with van der Waals surface area (Å²) in [4.78, 5) is 2.58. The first kappa shape index (κ1) is 23.4. The molecule has 2 aromatic rings. The molecule has 0 amide bonds. The van der Waals surface area contributed by atoms with Crippen molar-refractivity contribution in [3.05, 3.63) is 83.9 Å². The first-order valence-corrected chi connectivity index (χ1v) is 11.8. The van der Waals surface area contributed by atoms with E-state index in [1.54, 1.807) is 0 Å². The molecule has 1 heteroatoms. The Morgan fingerprint density at radius 2 is 1.07 bits per heavy atom. The Labute approximate surface area is 179 Å². The van der Waals surface area contributed by atoms with Crippen LogP contribution in [0.25, 0.3) is 0 Å². The van der Waals surface area contributed by atoms with Gasteiger partial charge in [0, 0.05) is 13.1 Å². The molecule has 0 bridgehead atoms.